The topological polar surface area (TPSA) is 28.2 Å². The standard InChI is InChI=1S/C16H24FN3/c1-11-6-8-20(12(2)9-11)16-15(17)13(5-7-18-16)10-19-14-3-4-14/h5,7,11-12,14,19H,3-4,6,8-10H2,1-2H3. The fourth-order valence-corrected chi connectivity index (χ4v) is 3.07. The van der Waals surface area contributed by atoms with Gasteiger partial charge in [0.15, 0.2) is 11.6 Å². The zero-order valence-electron chi connectivity index (χ0n) is 12.4. The highest BCUT2D eigenvalue weighted by molar-refractivity contribution is 5.44. The number of anilines is 1. The van der Waals surface area contributed by atoms with Crippen LogP contribution < -0.4 is 10.2 Å². The molecule has 1 N–H and O–H groups in total. The summed E-state index contributed by atoms with van der Waals surface area (Å²) in [5.74, 6) is 1.13. The smallest absolute Gasteiger partial charge is 0.170 e. The van der Waals surface area contributed by atoms with Crippen molar-refractivity contribution >= 4 is 5.82 Å². The van der Waals surface area contributed by atoms with E-state index in [-0.39, 0.29) is 5.82 Å². The normalized spacial score (nSPS) is 26.9. The number of nitrogens with zero attached hydrogens (tertiary/aromatic N) is 2. The maximum absolute atomic E-state index is 14.7. The number of piperidine rings is 1. The molecule has 1 aromatic rings. The Morgan fingerprint density at radius 3 is 2.85 bits per heavy atom. The molecule has 3 rings (SSSR count). The Balaban J connectivity index is 1.76. The molecule has 1 aliphatic heterocycles. The number of pyridine rings is 1. The summed E-state index contributed by atoms with van der Waals surface area (Å²) in [6, 6.07) is 2.76. The van der Waals surface area contributed by atoms with E-state index in [2.05, 4.69) is 29.0 Å². The third kappa shape index (κ3) is 2.95. The molecule has 3 nitrogen and oxygen atoms in total. The highest BCUT2D eigenvalue weighted by Crippen LogP contribution is 2.29. The monoisotopic (exact) mass is 277 g/mol. The van der Waals surface area contributed by atoms with Gasteiger partial charge in [0.25, 0.3) is 0 Å². The van der Waals surface area contributed by atoms with Gasteiger partial charge < -0.3 is 10.2 Å². The Morgan fingerprint density at radius 1 is 1.35 bits per heavy atom. The maximum atomic E-state index is 14.7. The van der Waals surface area contributed by atoms with Crippen LogP contribution in [0.1, 0.15) is 45.1 Å². The van der Waals surface area contributed by atoms with Crippen molar-refractivity contribution in [2.45, 2.75) is 58.2 Å². The summed E-state index contributed by atoms with van der Waals surface area (Å²) in [6.45, 7) is 5.97. The van der Waals surface area contributed by atoms with Crippen LogP contribution in [0.5, 0.6) is 0 Å². The SMILES string of the molecule is CC1CCN(c2nccc(CNC3CC3)c2F)C(C)C1. The summed E-state index contributed by atoms with van der Waals surface area (Å²) >= 11 is 0. The van der Waals surface area contributed by atoms with Crippen molar-refractivity contribution in [3.63, 3.8) is 0 Å². The summed E-state index contributed by atoms with van der Waals surface area (Å²) in [5, 5.41) is 3.38. The van der Waals surface area contributed by atoms with E-state index in [4.69, 9.17) is 0 Å². The van der Waals surface area contributed by atoms with E-state index in [1.54, 1.807) is 12.3 Å². The summed E-state index contributed by atoms with van der Waals surface area (Å²) in [4.78, 5) is 6.44. The van der Waals surface area contributed by atoms with Gasteiger partial charge in [0.1, 0.15) is 0 Å². The molecule has 1 aliphatic carbocycles. The lowest BCUT2D eigenvalue weighted by molar-refractivity contribution is 0.372. The second-order valence-corrected chi connectivity index (χ2v) is 6.43. The molecule has 0 spiro atoms. The lowest BCUT2D eigenvalue weighted by Gasteiger charge is -2.37. The Kier molecular flexibility index (Phi) is 3.92. The van der Waals surface area contributed by atoms with Gasteiger partial charge >= 0.3 is 0 Å². The fourth-order valence-electron chi connectivity index (χ4n) is 3.07. The first kappa shape index (κ1) is 13.8. The minimum atomic E-state index is -0.137. The van der Waals surface area contributed by atoms with Gasteiger partial charge in [-0.15, -0.1) is 0 Å². The zero-order valence-corrected chi connectivity index (χ0v) is 12.4. The van der Waals surface area contributed by atoms with Crippen LogP contribution in [0.25, 0.3) is 0 Å². The van der Waals surface area contributed by atoms with Crippen LogP contribution in [0, 0.1) is 11.7 Å². The summed E-state index contributed by atoms with van der Waals surface area (Å²) < 4.78 is 14.7. The van der Waals surface area contributed by atoms with E-state index in [1.807, 2.05) is 0 Å². The molecule has 2 aliphatic rings. The first-order chi connectivity index (χ1) is 9.65. The van der Waals surface area contributed by atoms with E-state index in [9.17, 15) is 4.39 Å². The Morgan fingerprint density at radius 2 is 2.15 bits per heavy atom. The number of hydrogen-bond acceptors (Lipinski definition) is 3. The van der Waals surface area contributed by atoms with Gasteiger partial charge in [0.05, 0.1) is 0 Å². The van der Waals surface area contributed by atoms with Crippen LogP contribution in [0.2, 0.25) is 0 Å². The quantitative estimate of drug-likeness (QED) is 0.916. The number of hydrogen-bond donors (Lipinski definition) is 1. The number of aromatic nitrogens is 1. The van der Waals surface area contributed by atoms with Gasteiger partial charge in [-0.25, -0.2) is 9.37 Å². The predicted octanol–water partition coefficient (Wildman–Crippen LogP) is 3.10. The van der Waals surface area contributed by atoms with Crippen LogP contribution in [-0.2, 0) is 6.54 Å². The molecule has 0 amide bonds. The van der Waals surface area contributed by atoms with Crippen molar-refractivity contribution in [2.75, 3.05) is 11.4 Å². The van der Waals surface area contributed by atoms with Crippen LogP contribution >= 0.6 is 0 Å². The Hall–Kier alpha value is -1.16. The molecule has 4 heteroatoms. The fraction of sp³-hybridized carbons (Fsp3) is 0.688. The third-order valence-corrected chi connectivity index (χ3v) is 4.52. The second-order valence-electron chi connectivity index (χ2n) is 6.43. The Bertz CT molecular complexity index is 473. The van der Waals surface area contributed by atoms with Crippen molar-refractivity contribution < 1.29 is 4.39 Å². The number of rotatable bonds is 4. The van der Waals surface area contributed by atoms with Crippen molar-refractivity contribution in [3.05, 3.63) is 23.6 Å². The molecule has 2 fully saturated rings. The molecule has 1 aromatic heterocycles. The summed E-state index contributed by atoms with van der Waals surface area (Å²) in [5.41, 5.74) is 0.743. The minimum absolute atomic E-state index is 0.137. The first-order valence-electron chi connectivity index (χ1n) is 7.78. The molecule has 2 unspecified atom stereocenters. The highest BCUT2D eigenvalue weighted by Gasteiger charge is 2.27. The summed E-state index contributed by atoms with van der Waals surface area (Å²) in [6.07, 6.45) is 6.43. The highest BCUT2D eigenvalue weighted by atomic mass is 19.1. The van der Waals surface area contributed by atoms with Gasteiger partial charge in [-0.05, 0) is 44.6 Å². The van der Waals surface area contributed by atoms with Crippen LogP contribution in [0.4, 0.5) is 10.2 Å². The number of halogens is 1. The van der Waals surface area contributed by atoms with Crippen LogP contribution in [0.3, 0.4) is 0 Å². The largest absolute Gasteiger partial charge is 0.351 e. The first-order valence-corrected chi connectivity index (χ1v) is 7.78. The third-order valence-electron chi connectivity index (χ3n) is 4.52. The summed E-state index contributed by atoms with van der Waals surface area (Å²) in [7, 11) is 0. The van der Waals surface area contributed by atoms with E-state index in [1.165, 1.54) is 12.8 Å². The zero-order chi connectivity index (χ0) is 14.1. The average molecular weight is 277 g/mol. The van der Waals surface area contributed by atoms with E-state index < -0.39 is 0 Å². The Labute approximate surface area is 120 Å². The molecule has 0 bridgehead atoms. The molecule has 1 saturated carbocycles. The van der Waals surface area contributed by atoms with Gasteiger partial charge in [0, 0.05) is 36.9 Å². The molecule has 110 valence electrons. The van der Waals surface area contributed by atoms with E-state index in [0.717, 1.165) is 30.9 Å². The van der Waals surface area contributed by atoms with Gasteiger partial charge in [-0.3, -0.25) is 0 Å². The molecule has 1 saturated heterocycles. The van der Waals surface area contributed by atoms with Crippen molar-refractivity contribution in [2.24, 2.45) is 5.92 Å². The average Bonchev–Trinajstić information content (AvgIpc) is 3.22. The molecule has 2 atom stereocenters. The molecule has 0 aromatic carbocycles. The molecule has 0 radical (unpaired) electrons. The molecule has 2 heterocycles. The van der Waals surface area contributed by atoms with Gasteiger partial charge in [0.2, 0.25) is 0 Å². The number of nitrogens with one attached hydrogen (secondary N) is 1. The van der Waals surface area contributed by atoms with Gasteiger partial charge in [-0.2, -0.15) is 0 Å². The molecular weight excluding hydrogens is 253 g/mol. The van der Waals surface area contributed by atoms with E-state index in [0.29, 0.717) is 24.4 Å². The second kappa shape index (κ2) is 5.68. The minimum Gasteiger partial charge on any atom is -0.351 e. The van der Waals surface area contributed by atoms with Crippen LogP contribution in [-0.4, -0.2) is 23.6 Å². The van der Waals surface area contributed by atoms with Gasteiger partial charge in [-0.1, -0.05) is 6.92 Å². The van der Waals surface area contributed by atoms with Crippen molar-refractivity contribution in [1.82, 2.24) is 10.3 Å². The maximum Gasteiger partial charge on any atom is 0.170 e. The van der Waals surface area contributed by atoms with Crippen LogP contribution in [0.15, 0.2) is 12.3 Å². The lowest BCUT2D eigenvalue weighted by Crippen LogP contribution is -2.41. The van der Waals surface area contributed by atoms with Crippen molar-refractivity contribution in [1.29, 1.82) is 0 Å². The molecular formula is C16H24FN3. The van der Waals surface area contributed by atoms with E-state index >= 15 is 0 Å². The van der Waals surface area contributed by atoms with Crippen molar-refractivity contribution in [3.8, 4) is 0 Å². The molecule has 20 heavy (non-hydrogen) atoms. The lowest BCUT2D eigenvalue weighted by atomic mass is 9.93. The predicted molar refractivity (Wildman–Crippen MR) is 79.3 cm³/mol.